The highest BCUT2D eigenvalue weighted by atomic mass is 35.5. The summed E-state index contributed by atoms with van der Waals surface area (Å²) < 4.78 is 17.4. The molecule has 0 amide bonds. The van der Waals surface area contributed by atoms with E-state index >= 15 is 0 Å². The number of hydrogen-bond donors (Lipinski definition) is 1. The molecule has 0 aliphatic heterocycles. The van der Waals surface area contributed by atoms with Crippen LogP contribution in [0.3, 0.4) is 0 Å². The molecule has 0 bridgehead atoms. The van der Waals surface area contributed by atoms with E-state index in [1.807, 2.05) is 0 Å². The number of nitrogens with zero attached hydrogens (tertiary/aromatic N) is 1. The third-order valence-electron chi connectivity index (χ3n) is 2.75. The number of aromatic nitrogens is 1. The molecule has 0 aliphatic rings. The molecular weight excluding hydrogens is 321 g/mol. The van der Waals surface area contributed by atoms with Gasteiger partial charge in [0.05, 0.1) is 17.8 Å². The maximum atomic E-state index is 11.8. The highest BCUT2D eigenvalue weighted by Gasteiger charge is 2.19. The molecule has 0 saturated carbocycles. The molecule has 1 heterocycles. The van der Waals surface area contributed by atoms with Crippen LogP contribution < -0.4 is 0 Å². The van der Waals surface area contributed by atoms with Crippen molar-refractivity contribution in [2.24, 2.45) is 0 Å². The second kappa shape index (κ2) is 6.72. The fraction of sp³-hybridized carbons (Fsp3) is 0.308. The standard InChI is InChI=1S/C13H13Cl2NO3S/c1-8(20(18)5-4-17)13-16-7-12(19-13)10-3-2-9(14)6-11(10)15/h2-3,6-8,17H,4-5H2,1H3/t8-,20-/m0/s1. The minimum Gasteiger partial charge on any atom is -0.439 e. The Labute approximate surface area is 129 Å². The average molecular weight is 334 g/mol. The summed E-state index contributed by atoms with van der Waals surface area (Å²) >= 11 is 11.9. The van der Waals surface area contributed by atoms with Crippen LogP contribution in [0.4, 0.5) is 0 Å². The normalized spacial score (nSPS) is 14.2. The molecule has 20 heavy (non-hydrogen) atoms. The van der Waals surface area contributed by atoms with Gasteiger partial charge in [-0.25, -0.2) is 4.98 Å². The molecule has 1 N–H and O–H groups in total. The van der Waals surface area contributed by atoms with Crippen molar-refractivity contribution in [3.8, 4) is 11.3 Å². The molecule has 1 aromatic carbocycles. The summed E-state index contributed by atoms with van der Waals surface area (Å²) in [7, 11) is -1.23. The smallest absolute Gasteiger partial charge is 0.210 e. The average Bonchev–Trinajstić information content (AvgIpc) is 2.87. The third-order valence-corrected chi connectivity index (χ3v) is 4.88. The molecule has 108 valence electrons. The minimum atomic E-state index is -1.23. The quantitative estimate of drug-likeness (QED) is 0.910. The highest BCUT2D eigenvalue weighted by Crippen LogP contribution is 2.32. The van der Waals surface area contributed by atoms with Gasteiger partial charge in [-0.1, -0.05) is 23.2 Å². The van der Waals surface area contributed by atoms with Crippen molar-refractivity contribution in [1.29, 1.82) is 0 Å². The lowest BCUT2D eigenvalue weighted by Gasteiger charge is -2.06. The molecule has 0 unspecified atom stereocenters. The van der Waals surface area contributed by atoms with Crippen LogP contribution in [-0.4, -0.2) is 26.7 Å². The molecule has 2 rings (SSSR count). The molecular formula is C13H13Cl2NO3S. The van der Waals surface area contributed by atoms with Crippen LogP contribution >= 0.6 is 23.2 Å². The van der Waals surface area contributed by atoms with Gasteiger partial charge in [0, 0.05) is 27.1 Å². The Bertz CT molecular complexity index is 630. The molecule has 7 heteroatoms. The predicted octanol–water partition coefficient (Wildman–Crippen LogP) is 3.45. The van der Waals surface area contributed by atoms with Crippen molar-refractivity contribution < 1.29 is 13.7 Å². The zero-order chi connectivity index (χ0) is 14.7. The van der Waals surface area contributed by atoms with Gasteiger partial charge in [-0.2, -0.15) is 0 Å². The predicted molar refractivity (Wildman–Crippen MR) is 80.5 cm³/mol. The van der Waals surface area contributed by atoms with E-state index < -0.39 is 10.8 Å². The molecule has 0 aliphatic carbocycles. The van der Waals surface area contributed by atoms with Gasteiger partial charge in [-0.15, -0.1) is 0 Å². The van der Waals surface area contributed by atoms with E-state index in [1.165, 1.54) is 6.20 Å². The Morgan fingerprint density at radius 2 is 2.20 bits per heavy atom. The Morgan fingerprint density at radius 3 is 2.85 bits per heavy atom. The number of halogens is 2. The first-order valence-electron chi connectivity index (χ1n) is 5.92. The second-order valence-corrected chi connectivity index (χ2v) is 6.86. The van der Waals surface area contributed by atoms with Gasteiger partial charge < -0.3 is 9.52 Å². The van der Waals surface area contributed by atoms with Gasteiger partial charge in [0.2, 0.25) is 5.89 Å². The number of hydrogen-bond acceptors (Lipinski definition) is 4. The van der Waals surface area contributed by atoms with Crippen LogP contribution in [0.1, 0.15) is 18.1 Å². The van der Waals surface area contributed by atoms with Crippen LogP contribution in [0.25, 0.3) is 11.3 Å². The first-order valence-corrected chi connectivity index (χ1v) is 8.06. The van der Waals surface area contributed by atoms with Crippen molar-refractivity contribution in [3.63, 3.8) is 0 Å². The van der Waals surface area contributed by atoms with E-state index in [9.17, 15) is 4.21 Å². The molecule has 0 saturated heterocycles. The van der Waals surface area contributed by atoms with E-state index in [1.54, 1.807) is 25.1 Å². The van der Waals surface area contributed by atoms with Gasteiger partial charge in [-0.05, 0) is 25.1 Å². The SMILES string of the molecule is C[C@@H](c1ncc(-c2ccc(Cl)cc2Cl)o1)[S@@](=O)CCO. The zero-order valence-electron chi connectivity index (χ0n) is 10.7. The summed E-state index contributed by atoms with van der Waals surface area (Å²) in [6, 6.07) is 5.07. The molecule has 0 radical (unpaired) electrons. The summed E-state index contributed by atoms with van der Waals surface area (Å²) in [5, 5.41) is 9.42. The monoisotopic (exact) mass is 333 g/mol. The van der Waals surface area contributed by atoms with Crippen molar-refractivity contribution in [2.75, 3.05) is 12.4 Å². The largest absolute Gasteiger partial charge is 0.439 e. The molecule has 0 fully saturated rings. The fourth-order valence-corrected chi connectivity index (χ4v) is 3.04. The van der Waals surface area contributed by atoms with Gasteiger partial charge in [0.1, 0.15) is 5.25 Å². The number of oxazole rings is 1. The Balaban J connectivity index is 2.26. The lowest BCUT2D eigenvalue weighted by atomic mass is 10.2. The Kier molecular flexibility index (Phi) is 5.21. The lowest BCUT2D eigenvalue weighted by molar-refractivity contribution is 0.321. The van der Waals surface area contributed by atoms with Crippen molar-refractivity contribution in [3.05, 3.63) is 40.3 Å². The first kappa shape index (κ1) is 15.5. The molecule has 0 spiro atoms. The topological polar surface area (TPSA) is 63.3 Å². The number of aliphatic hydroxyl groups is 1. The molecule has 4 nitrogen and oxygen atoms in total. The van der Waals surface area contributed by atoms with E-state index in [-0.39, 0.29) is 17.6 Å². The maximum Gasteiger partial charge on any atom is 0.210 e. The summed E-state index contributed by atoms with van der Waals surface area (Å²) in [4.78, 5) is 4.13. The van der Waals surface area contributed by atoms with Crippen molar-refractivity contribution >= 4 is 34.0 Å². The Morgan fingerprint density at radius 1 is 1.45 bits per heavy atom. The van der Waals surface area contributed by atoms with Crippen molar-refractivity contribution in [1.82, 2.24) is 4.98 Å². The van der Waals surface area contributed by atoms with Crippen molar-refractivity contribution in [2.45, 2.75) is 12.2 Å². The van der Waals surface area contributed by atoms with Crippen LogP contribution in [0.2, 0.25) is 10.0 Å². The molecule has 2 aromatic rings. The van der Waals surface area contributed by atoms with E-state index in [0.717, 1.165) is 0 Å². The van der Waals surface area contributed by atoms with Crippen LogP contribution in [0.15, 0.2) is 28.8 Å². The lowest BCUT2D eigenvalue weighted by Crippen LogP contribution is -2.09. The van der Waals surface area contributed by atoms with Crippen LogP contribution in [0.5, 0.6) is 0 Å². The first-order chi connectivity index (χ1) is 9.52. The van der Waals surface area contributed by atoms with Crippen LogP contribution in [-0.2, 0) is 10.8 Å². The van der Waals surface area contributed by atoms with Crippen LogP contribution in [0, 0.1) is 0 Å². The van der Waals surface area contributed by atoms with E-state index in [4.69, 9.17) is 32.7 Å². The number of rotatable bonds is 5. The summed E-state index contributed by atoms with van der Waals surface area (Å²) in [5.74, 6) is 1.05. The Hall–Kier alpha value is -0.880. The highest BCUT2D eigenvalue weighted by molar-refractivity contribution is 7.85. The van der Waals surface area contributed by atoms with E-state index in [2.05, 4.69) is 4.98 Å². The summed E-state index contributed by atoms with van der Waals surface area (Å²) in [6.07, 6.45) is 1.54. The third kappa shape index (κ3) is 3.41. The molecule has 1 aromatic heterocycles. The number of aliphatic hydroxyl groups excluding tert-OH is 1. The summed E-state index contributed by atoms with van der Waals surface area (Å²) in [6.45, 7) is 1.61. The number of benzene rings is 1. The van der Waals surface area contributed by atoms with Gasteiger partial charge >= 0.3 is 0 Å². The maximum absolute atomic E-state index is 11.8. The van der Waals surface area contributed by atoms with Gasteiger partial charge in [0.25, 0.3) is 0 Å². The molecule has 2 atom stereocenters. The zero-order valence-corrected chi connectivity index (χ0v) is 13.0. The fourth-order valence-electron chi connectivity index (χ4n) is 1.67. The van der Waals surface area contributed by atoms with E-state index in [0.29, 0.717) is 27.3 Å². The summed E-state index contributed by atoms with van der Waals surface area (Å²) in [5.41, 5.74) is 0.676. The van der Waals surface area contributed by atoms with Gasteiger partial charge in [0.15, 0.2) is 5.76 Å². The van der Waals surface area contributed by atoms with Gasteiger partial charge in [-0.3, -0.25) is 4.21 Å². The minimum absolute atomic E-state index is 0.131. The second-order valence-electron chi connectivity index (χ2n) is 4.14.